The average Bonchev–Trinajstić information content (AvgIpc) is 3.16. The maximum Gasteiger partial charge on any atom is 0.252 e. The summed E-state index contributed by atoms with van der Waals surface area (Å²) in [6, 6.07) is 21.5. The fraction of sp³-hybridized carbons (Fsp3) is 0.160. The number of hydrogen-bond donors (Lipinski definition) is 0. The van der Waals surface area contributed by atoms with Crippen LogP contribution in [0.5, 0.6) is 5.75 Å². The average molecular weight is 476 g/mol. The van der Waals surface area contributed by atoms with Gasteiger partial charge in [0.15, 0.2) is 0 Å². The zero-order valence-corrected chi connectivity index (χ0v) is 19.1. The van der Waals surface area contributed by atoms with E-state index in [0.29, 0.717) is 16.9 Å². The summed E-state index contributed by atoms with van der Waals surface area (Å²) >= 11 is 0. The van der Waals surface area contributed by atoms with Gasteiger partial charge in [-0.15, -0.1) is 0 Å². The van der Waals surface area contributed by atoms with Gasteiger partial charge in [-0.05, 0) is 54.1 Å². The van der Waals surface area contributed by atoms with E-state index in [9.17, 15) is 18.0 Å². The van der Waals surface area contributed by atoms with Crippen LogP contribution >= 0.6 is 0 Å². The number of sulfonamides is 1. The molecule has 3 aromatic rings. The van der Waals surface area contributed by atoms with Gasteiger partial charge >= 0.3 is 0 Å². The first kappa shape index (κ1) is 23.2. The van der Waals surface area contributed by atoms with Crippen molar-refractivity contribution in [3.63, 3.8) is 0 Å². The van der Waals surface area contributed by atoms with Crippen LogP contribution in [0.4, 0.5) is 5.69 Å². The summed E-state index contributed by atoms with van der Waals surface area (Å²) in [4.78, 5) is 27.2. The Morgan fingerprint density at radius 3 is 2.24 bits per heavy atom. The SMILES string of the molecule is COc1ccc(S(=O)(=O)N(Cc2ccccc2)C2CC(=O)N(c3ccc(C#N)cc3)C2=O)cc1. The molecule has 1 saturated heterocycles. The fourth-order valence-electron chi connectivity index (χ4n) is 3.81. The molecule has 2 amide bonds. The number of methoxy groups -OCH3 is 1. The van der Waals surface area contributed by atoms with Crippen molar-refractivity contribution in [2.75, 3.05) is 12.0 Å². The van der Waals surface area contributed by atoms with Crippen molar-refractivity contribution in [3.8, 4) is 11.8 Å². The molecule has 9 heteroatoms. The number of rotatable bonds is 7. The van der Waals surface area contributed by atoms with Gasteiger partial charge in [0.05, 0.1) is 35.7 Å². The Hall–Kier alpha value is -4.00. The molecule has 1 aliphatic heterocycles. The second-order valence-electron chi connectivity index (χ2n) is 7.66. The van der Waals surface area contributed by atoms with Crippen LogP contribution in [0.2, 0.25) is 0 Å². The van der Waals surface area contributed by atoms with Gasteiger partial charge in [-0.2, -0.15) is 9.57 Å². The zero-order chi connectivity index (χ0) is 24.3. The van der Waals surface area contributed by atoms with Gasteiger partial charge in [0.1, 0.15) is 11.8 Å². The molecule has 3 aromatic carbocycles. The van der Waals surface area contributed by atoms with Crippen LogP contribution < -0.4 is 9.64 Å². The van der Waals surface area contributed by atoms with Crippen molar-refractivity contribution in [3.05, 3.63) is 90.0 Å². The molecular weight excluding hydrogens is 454 g/mol. The van der Waals surface area contributed by atoms with E-state index < -0.39 is 27.9 Å². The predicted molar refractivity (Wildman–Crippen MR) is 124 cm³/mol. The summed E-state index contributed by atoms with van der Waals surface area (Å²) in [5.74, 6) is -0.655. The van der Waals surface area contributed by atoms with E-state index in [1.165, 1.54) is 55.6 Å². The van der Waals surface area contributed by atoms with Crippen LogP contribution in [0.25, 0.3) is 0 Å². The monoisotopic (exact) mass is 475 g/mol. The summed E-state index contributed by atoms with van der Waals surface area (Å²) < 4.78 is 33.5. The lowest BCUT2D eigenvalue weighted by molar-refractivity contribution is -0.122. The third-order valence-electron chi connectivity index (χ3n) is 5.57. The zero-order valence-electron chi connectivity index (χ0n) is 18.3. The summed E-state index contributed by atoms with van der Waals surface area (Å²) in [5.41, 5.74) is 1.35. The largest absolute Gasteiger partial charge is 0.497 e. The molecule has 0 bridgehead atoms. The van der Waals surface area contributed by atoms with Crippen LogP contribution in [0.15, 0.2) is 83.8 Å². The molecule has 8 nitrogen and oxygen atoms in total. The predicted octanol–water partition coefficient (Wildman–Crippen LogP) is 3.09. The minimum Gasteiger partial charge on any atom is -0.497 e. The maximum absolute atomic E-state index is 13.7. The minimum atomic E-state index is -4.15. The summed E-state index contributed by atoms with van der Waals surface area (Å²) in [7, 11) is -2.67. The highest BCUT2D eigenvalue weighted by molar-refractivity contribution is 7.89. The van der Waals surface area contributed by atoms with E-state index in [-0.39, 0.29) is 23.5 Å². The van der Waals surface area contributed by atoms with Crippen molar-refractivity contribution in [1.82, 2.24) is 4.31 Å². The normalized spacial score (nSPS) is 16.0. The molecule has 0 aromatic heterocycles. The highest BCUT2D eigenvalue weighted by Gasteiger charge is 2.47. The van der Waals surface area contributed by atoms with E-state index in [2.05, 4.69) is 0 Å². The number of carbonyl (C=O) groups is 2. The number of nitriles is 1. The second kappa shape index (κ2) is 9.47. The van der Waals surface area contributed by atoms with E-state index in [1.807, 2.05) is 12.1 Å². The standard InChI is InChI=1S/C25H21N3O5S/c1-33-21-11-13-22(14-12-21)34(31,32)27(17-19-5-3-2-4-6-19)23-15-24(29)28(25(23)30)20-9-7-18(16-26)8-10-20/h2-14,23H,15,17H2,1H3. The summed E-state index contributed by atoms with van der Waals surface area (Å²) in [6.07, 6.45) is -0.291. The molecule has 0 radical (unpaired) electrons. The molecule has 1 aliphatic rings. The van der Waals surface area contributed by atoms with Crippen LogP contribution in [0.3, 0.4) is 0 Å². The number of nitrogens with zero attached hydrogens (tertiary/aromatic N) is 3. The third-order valence-corrected chi connectivity index (χ3v) is 7.44. The lowest BCUT2D eigenvalue weighted by Gasteiger charge is -2.27. The molecule has 0 saturated carbocycles. The molecular formula is C25H21N3O5S. The van der Waals surface area contributed by atoms with Crippen molar-refractivity contribution in [2.24, 2.45) is 0 Å². The quantitative estimate of drug-likeness (QED) is 0.486. The number of hydrogen-bond acceptors (Lipinski definition) is 6. The van der Waals surface area contributed by atoms with Gasteiger partial charge in [-0.1, -0.05) is 30.3 Å². The number of carbonyl (C=O) groups excluding carboxylic acids is 2. The van der Waals surface area contributed by atoms with Gasteiger partial charge in [0, 0.05) is 6.54 Å². The topological polar surface area (TPSA) is 108 Å². The minimum absolute atomic E-state index is 0.0127. The third kappa shape index (κ3) is 4.41. The number of amides is 2. The van der Waals surface area contributed by atoms with Crippen LogP contribution in [0, 0.1) is 11.3 Å². The molecule has 1 heterocycles. The lowest BCUT2D eigenvalue weighted by atomic mass is 10.2. The van der Waals surface area contributed by atoms with Gasteiger partial charge in [-0.3, -0.25) is 9.59 Å². The fourth-order valence-corrected chi connectivity index (χ4v) is 5.38. The number of benzene rings is 3. The number of anilines is 1. The van der Waals surface area contributed by atoms with Crippen molar-refractivity contribution >= 4 is 27.5 Å². The molecule has 1 atom stereocenters. The van der Waals surface area contributed by atoms with E-state index in [0.717, 1.165) is 9.21 Å². The Kier molecular flexibility index (Phi) is 6.45. The number of imide groups is 1. The van der Waals surface area contributed by atoms with E-state index >= 15 is 0 Å². The van der Waals surface area contributed by atoms with Gasteiger partial charge in [0.2, 0.25) is 15.9 Å². The molecule has 0 aliphatic carbocycles. The Bertz CT molecular complexity index is 1350. The Labute approximate surface area is 197 Å². The van der Waals surface area contributed by atoms with E-state index in [1.54, 1.807) is 24.3 Å². The lowest BCUT2D eigenvalue weighted by Crippen LogP contribution is -2.45. The summed E-state index contributed by atoms with van der Waals surface area (Å²) in [5, 5.41) is 9.00. The first-order valence-electron chi connectivity index (χ1n) is 10.4. The van der Waals surface area contributed by atoms with Crippen molar-refractivity contribution in [1.29, 1.82) is 5.26 Å². The molecule has 0 N–H and O–H groups in total. The van der Waals surface area contributed by atoms with Gasteiger partial charge in [-0.25, -0.2) is 13.3 Å². The first-order chi connectivity index (χ1) is 16.3. The molecule has 34 heavy (non-hydrogen) atoms. The molecule has 1 fully saturated rings. The van der Waals surface area contributed by atoms with Crippen molar-refractivity contribution in [2.45, 2.75) is 23.9 Å². The van der Waals surface area contributed by atoms with Gasteiger partial charge in [0.25, 0.3) is 5.91 Å². The van der Waals surface area contributed by atoms with E-state index in [4.69, 9.17) is 10.00 Å². The van der Waals surface area contributed by atoms with Crippen LogP contribution in [0.1, 0.15) is 17.5 Å². The highest BCUT2D eigenvalue weighted by atomic mass is 32.2. The second-order valence-corrected chi connectivity index (χ2v) is 9.55. The highest BCUT2D eigenvalue weighted by Crippen LogP contribution is 2.31. The number of ether oxygens (including phenoxy) is 1. The Morgan fingerprint density at radius 1 is 1.00 bits per heavy atom. The Balaban J connectivity index is 1.73. The Morgan fingerprint density at radius 2 is 1.65 bits per heavy atom. The molecule has 172 valence electrons. The molecule has 4 rings (SSSR count). The molecule has 1 unspecified atom stereocenters. The van der Waals surface area contributed by atoms with Crippen LogP contribution in [-0.2, 0) is 26.2 Å². The van der Waals surface area contributed by atoms with Crippen molar-refractivity contribution < 1.29 is 22.7 Å². The first-order valence-corrected chi connectivity index (χ1v) is 11.9. The smallest absolute Gasteiger partial charge is 0.252 e. The molecule has 0 spiro atoms. The maximum atomic E-state index is 13.7. The summed E-state index contributed by atoms with van der Waals surface area (Å²) in [6.45, 7) is -0.0832. The van der Waals surface area contributed by atoms with Gasteiger partial charge < -0.3 is 4.74 Å². The van der Waals surface area contributed by atoms with Crippen LogP contribution in [-0.4, -0.2) is 37.7 Å².